The van der Waals surface area contributed by atoms with Crippen LogP contribution in [0.2, 0.25) is 0 Å². The fourth-order valence-corrected chi connectivity index (χ4v) is 4.51. The smallest absolute Gasteiger partial charge is 0.261 e. The van der Waals surface area contributed by atoms with Crippen LogP contribution in [0.25, 0.3) is 10.2 Å². The average molecular weight is 332 g/mol. The average Bonchev–Trinajstić information content (AvgIpc) is 2.81. The van der Waals surface area contributed by atoms with Gasteiger partial charge in [0.25, 0.3) is 10.0 Å². The van der Waals surface area contributed by atoms with Crippen molar-refractivity contribution in [3.05, 3.63) is 52.5 Å². The number of benzene rings is 1. The fraction of sp³-hybridized carbons (Fsp3) is 0.188. The van der Waals surface area contributed by atoms with Crippen LogP contribution in [0.5, 0.6) is 0 Å². The molecule has 3 aromatic rings. The van der Waals surface area contributed by atoms with Crippen LogP contribution in [-0.4, -0.2) is 13.4 Å². The Balaban J connectivity index is 2.04. The monoisotopic (exact) mass is 332 g/mol. The number of rotatable bonds is 3. The minimum absolute atomic E-state index is 0.259. The number of aromatic nitrogens is 1. The lowest BCUT2D eigenvalue weighted by atomic mass is 10.2. The quantitative estimate of drug-likeness (QED) is 0.788. The van der Waals surface area contributed by atoms with E-state index in [1.807, 2.05) is 26.8 Å². The van der Waals surface area contributed by atoms with Crippen LogP contribution in [0.1, 0.15) is 16.8 Å². The Morgan fingerprint density at radius 3 is 2.45 bits per heavy atom. The zero-order chi connectivity index (χ0) is 15.9. The summed E-state index contributed by atoms with van der Waals surface area (Å²) in [7, 11) is -3.59. The van der Waals surface area contributed by atoms with Crippen molar-refractivity contribution in [3.63, 3.8) is 0 Å². The van der Waals surface area contributed by atoms with Crippen molar-refractivity contribution in [1.29, 1.82) is 0 Å². The Morgan fingerprint density at radius 2 is 1.77 bits per heavy atom. The summed E-state index contributed by atoms with van der Waals surface area (Å²) >= 11 is 1.44. The maximum absolute atomic E-state index is 12.5. The Kier molecular flexibility index (Phi) is 3.66. The lowest BCUT2D eigenvalue weighted by Gasteiger charge is -2.08. The van der Waals surface area contributed by atoms with E-state index in [2.05, 4.69) is 9.71 Å². The van der Waals surface area contributed by atoms with Gasteiger partial charge in [0.2, 0.25) is 0 Å². The van der Waals surface area contributed by atoms with Gasteiger partial charge in [-0.1, -0.05) is 17.7 Å². The molecule has 0 radical (unpaired) electrons. The highest BCUT2D eigenvalue weighted by Crippen LogP contribution is 2.33. The molecule has 0 bridgehead atoms. The maximum Gasteiger partial charge on any atom is 0.261 e. The van der Waals surface area contributed by atoms with Crippen LogP contribution in [-0.2, 0) is 10.0 Å². The van der Waals surface area contributed by atoms with Gasteiger partial charge in [-0.15, -0.1) is 11.3 Å². The SMILES string of the molecule is Cc1ccc(S(=O)(=O)Nc2csc3nc(C)cc(C)c23)cc1. The molecule has 0 aliphatic carbocycles. The molecule has 1 N–H and O–H groups in total. The summed E-state index contributed by atoms with van der Waals surface area (Å²) in [5.74, 6) is 0. The third-order valence-corrected chi connectivity index (χ3v) is 5.70. The van der Waals surface area contributed by atoms with E-state index < -0.39 is 10.0 Å². The summed E-state index contributed by atoms with van der Waals surface area (Å²) < 4.78 is 27.7. The lowest BCUT2D eigenvalue weighted by Crippen LogP contribution is -2.12. The number of thiophene rings is 1. The Labute approximate surface area is 133 Å². The minimum atomic E-state index is -3.59. The van der Waals surface area contributed by atoms with Crippen molar-refractivity contribution in [3.8, 4) is 0 Å². The summed E-state index contributed by atoms with van der Waals surface area (Å²) in [6, 6.07) is 8.76. The molecule has 1 aromatic carbocycles. The summed E-state index contributed by atoms with van der Waals surface area (Å²) in [5, 5.41) is 2.67. The summed E-state index contributed by atoms with van der Waals surface area (Å²) in [6.45, 7) is 5.82. The Morgan fingerprint density at radius 1 is 1.09 bits per heavy atom. The van der Waals surface area contributed by atoms with Crippen LogP contribution in [0.3, 0.4) is 0 Å². The highest BCUT2D eigenvalue weighted by molar-refractivity contribution is 7.92. The summed E-state index contributed by atoms with van der Waals surface area (Å²) in [6.07, 6.45) is 0. The molecular formula is C16H16N2O2S2. The third-order valence-electron chi connectivity index (χ3n) is 3.44. The first-order valence-corrected chi connectivity index (χ1v) is 9.18. The van der Waals surface area contributed by atoms with E-state index in [-0.39, 0.29) is 4.90 Å². The second-order valence-electron chi connectivity index (χ2n) is 5.33. The molecule has 0 saturated heterocycles. The number of pyridine rings is 1. The fourth-order valence-electron chi connectivity index (χ4n) is 2.39. The largest absolute Gasteiger partial charge is 0.278 e. The molecule has 0 spiro atoms. The van der Waals surface area contributed by atoms with E-state index >= 15 is 0 Å². The molecule has 0 aliphatic heterocycles. The Hall–Kier alpha value is -1.92. The zero-order valence-corrected chi connectivity index (χ0v) is 14.2. The minimum Gasteiger partial charge on any atom is -0.278 e. The van der Waals surface area contributed by atoms with Gasteiger partial charge in [-0.25, -0.2) is 13.4 Å². The predicted molar refractivity (Wildman–Crippen MR) is 91.1 cm³/mol. The van der Waals surface area contributed by atoms with Gasteiger partial charge in [0.15, 0.2) is 0 Å². The second-order valence-corrected chi connectivity index (χ2v) is 7.87. The maximum atomic E-state index is 12.5. The second kappa shape index (κ2) is 5.37. The van der Waals surface area contributed by atoms with Gasteiger partial charge in [0, 0.05) is 16.5 Å². The molecule has 0 aliphatic rings. The van der Waals surface area contributed by atoms with Gasteiger partial charge in [0.05, 0.1) is 10.6 Å². The van der Waals surface area contributed by atoms with Crippen molar-refractivity contribution in [2.75, 3.05) is 4.72 Å². The van der Waals surface area contributed by atoms with Crippen LogP contribution >= 0.6 is 11.3 Å². The standard InChI is InChI=1S/C16H16N2O2S2/c1-10-4-6-13(7-5-10)22(19,20)18-14-9-21-16-15(14)11(2)8-12(3)17-16/h4-9,18H,1-3H3. The van der Waals surface area contributed by atoms with Gasteiger partial charge in [-0.2, -0.15) is 0 Å². The molecule has 4 nitrogen and oxygen atoms in total. The van der Waals surface area contributed by atoms with Crippen molar-refractivity contribution in [1.82, 2.24) is 4.98 Å². The number of nitrogens with zero attached hydrogens (tertiary/aromatic N) is 1. The number of sulfonamides is 1. The van der Waals surface area contributed by atoms with Gasteiger partial charge in [-0.05, 0) is 44.5 Å². The van der Waals surface area contributed by atoms with Crippen molar-refractivity contribution >= 4 is 37.3 Å². The number of aryl methyl sites for hydroxylation is 3. The summed E-state index contributed by atoms with van der Waals surface area (Å²) in [4.78, 5) is 5.56. The zero-order valence-electron chi connectivity index (χ0n) is 12.5. The molecular weight excluding hydrogens is 316 g/mol. The number of hydrogen-bond donors (Lipinski definition) is 1. The van der Waals surface area contributed by atoms with Crippen LogP contribution < -0.4 is 4.72 Å². The molecule has 3 rings (SSSR count). The molecule has 0 saturated carbocycles. The molecule has 22 heavy (non-hydrogen) atoms. The summed E-state index contributed by atoms with van der Waals surface area (Å²) in [5.41, 5.74) is 3.56. The molecule has 0 fully saturated rings. The molecule has 6 heteroatoms. The lowest BCUT2D eigenvalue weighted by molar-refractivity contribution is 0.601. The molecule has 2 heterocycles. The van der Waals surface area contributed by atoms with E-state index in [1.165, 1.54) is 11.3 Å². The number of nitrogens with one attached hydrogen (secondary N) is 1. The van der Waals surface area contributed by atoms with E-state index in [4.69, 9.17) is 0 Å². The first-order valence-electron chi connectivity index (χ1n) is 6.82. The van der Waals surface area contributed by atoms with Gasteiger partial charge >= 0.3 is 0 Å². The Bertz CT molecular complexity index is 942. The predicted octanol–water partition coefficient (Wildman–Crippen LogP) is 4.02. The molecule has 0 atom stereocenters. The van der Waals surface area contributed by atoms with Crippen LogP contribution in [0.4, 0.5) is 5.69 Å². The molecule has 114 valence electrons. The van der Waals surface area contributed by atoms with Gasteiger partial charge < -0.3 is 0 Å². The molecule has 0 unspecified atom stereocenters. The van der Waals surface area contributed by atoms with Crippen molar-refractivity contribution < 1.29 is 8.42 Å². The molecule has 2 aromatic heterocycles. The number of fused-ring (bicyclic) bond motifs is 1. The number of anilines is 1. The van der Waals surface area contributed by atoms with Crippen LogP contribution in [0, 0.1) is 20.8 Å². The first-order chi connectivity index (χ1) is 10.4. The van der Waals surface area contributed by atoms with E-state index in [1.54, 1.807) is 29.6 Å². The van der Waals surface area contributed by atoms with Crippen molar-refractivity contribution in [2.24, 2.45) is 0 Å². The van der Waals surface area contributed by atoms with E-state index in [9.17, 15) is 8.42 Å². The van der Waals surface area contributed by atoms with Gasteiger partial charge in [-0.3, -0.25) is 4.72 Å². The third kappa shape index (κ3) is 2.71. The molecule has 0 amide bonds. The highest BCUT2D eigenvalue weighted by atomic mass is 32.2. The number of hydrogen-bond acceptors (Lipinski definition) is 4. The normalized spacial score (nSPS) is 11.8. The van der Waals surface area contributed by atoms with Crippen LogP contribution in [0.15, 0.2) is 40.6 Å². The first kappa shape index (κ1) is 15.0. The van der Waals surface area contributed by atoms with Gasteiger partial charge in [0.1, 0.15) is 4.83 Å². The topological polar surface area (TPSA) is 59.1 Å². The van der Waals surface area contributed by atoms with E-state index in [0.717, 1.165) is 27.0 Å². The van der Waals surface area contributed by atoms with E-state index in [0.29, 0.717) is 5.69 Å². The van der Waals surface area contributed by atoms with Crippen molar-refractivity contribution in [2.45, 2.75) is 25.7 Å². The highest BCUT2D eigenvalue weighted by Gasteiger charge is 2.17.